The van der Waals surface area contributed by atoms with Crippen LogP contribution >= 0.6 is 0 Å². The van der Waals surface area contributed by atoms with Crippen LogP contribution in [0.5, 0.6) is 23.0 Å². The summed E-state index contributed by atoms with van der Waals surface area (Å²) >= 11 is 0. The number of phenols is 2. The third-order valence-electron chi connectivity index (χ3n) is 4.21. The van der Waals surface area contributed by atoms with Crippen molar-refractivity contribution in [2.45, 2.75) is 6.42 Å². The van der Waals surface area contributed by atoms with E-state index in [1.54, 1.807) is 36.4 Å². The van der Waals surface area contributed by atoms with Gasteiger partial charge in [-0.3, -0.25) is 9.59 Å². The van der Waals surface area contributed by atoms with Gasteiger partial charge in [0.05, 0.1) is 14.2 Å². The first-order chi connectivity index (χ1) is 14.9. The van der Waals surface area contributed by atoms with Crippen LogP contribution in [0.15, 0.2) is 48.6 Å². The van der Waals surface area contributed by atoms with E-state index >= 15 is 0 Å². The zero-order valence-electron chi connectivity index (χ0n) is 17.4. The van der Waals surface area contributed by atoms with Gasteiger partial charge in [-0.15, -0.1) is 0 Å². The highest BCUT2D eigenvalue weighted by Gasteiger charge is 2.02. The van der Waals surface area contributed by atoms with Gasteiger partial charge in [0, 0.05) is 25.2 Å². The summed E-state index contributed by atoms with van der Waals surface area (Å²) in [5, 5.41) is 24.9. The minimum Gasteiger partial charge on any atom is -0.504 e. The average molecular weight is 426 g/mol. The summed E-state index contributed by atoms with van der Waals surface area (Å²) in [7, 11) is 2.92. The summed E-state index contributed by atoms with van der Waals surface area (Å²) in [5.41, 5.74) is 1.33. The first-order valence-electron chi connectivity index (χ1n) is 9.58. The number of amides is 2. The van der Waals surface area contributed by atoms with Crippen molar-refractivity contribution in [1.29, 1.82) is 0 Å². The van der Waals surface area contributed by atoms with Crippen molar-refractivity contribution in [3.63, 3.8) is 0 Å². The predicted molar refractivity (Wildman–Crippen MR) is 118 cm³/mol. The number of benzene rings is 2. The van der Waals surface area contributed by atoms with Gasteiger partial charge in [0.1, 0.15) is 0 Å². The molecule has 2 rings (SSSR count). The van der Waals surface area contributed by atoms with Crippen LogP contribution in [0, 0.1) is 0 Å². The molecule has 0 unspecified atom stereocenters. The zero-order chi connectivity index (χ0) is 22.6. The first kappa shape index (κ1) is 23.3. The molecule has 0 heterocycles. The predicted octanol–water partition coefficient (Wildman–Crippen LogP) is 2.46. The lowest BCUT2D eigenvalue weighted by Crippen LogP contribution is -2.28. The van der Waals surface area contributed by atoms with Crippen LogP contribution in [0.4, 0.5) is 0 Å². The summed E-state index contributed by atoms with van der Waals surface area (Å²) < 4.78 is 9.93. The Kier molecular flexibility index (Phi) is 8.97. The fraction of sp³-hybridized carbons (Fsp3) is 0.217. The quantitative estimate of drug-likeness (QED) is 0.343. The topological polar surface area (TPSA) is 117 Å². The SMILES string of the molecule is COc1ccc(/C=C/C(=O)NCCCNC(=O)/C=C/c2ccc(OC)c(O)c2)cc1O. The second-order valence-electron chi connectivity index (χ2n) is 6.46. The van der Waals surface area contributed by atoms with Crippen LogP contribution in [0.1, 0.15) is 17.5 Å². The molecule has 0 saturated heterocycles. The van der Waals surface area contributed by atoms with Crippen molar-refractivity contribution in [1.82, 2.24) is 10.6 Å². The van der Waals surface area contributed by atoms with E-state index in [1.165, 1.54) is 38.5 Å². The Morgan fingerprint density at radius 3 is 1.58 bits per heavy atom. The molecule has 0 fully saturated rings. The fourth-order valence-corrected chi connectivity index (χ4v) is 2.59. The highest BCUT2D eigenvalue weighted by molar-refractivity contribution is 5.92. The molecule has 8 nitrogen and oxygen atoms in total. The number of hydrogen-bond donors (Lipinski definition) is 4. The molecular formula is C23H26N2O6. The highest BCUT2D eigenvalue weighted by atomic mass is 16.5. The van der Waals surface area contributed by atoms with Gasteiger partial charge in [0.25, 0.3) is 0 Å². The van der Waals surface area contributed by atoms with Crippen LogP contribution in [0.2, 0.25) is 0 Å². The van der Waals surface area contributed by atoms with Crippen molar-refractivity contribution in [2.75, 3.05) is 27.3 Å². The fourth-order valence-electron chi connectivity index (χ4n) is 2.59. The monoisotopic (exact) mass is 426 g/mol. The molecule has 2 aromatic carbocycles. The molecule has 0 aliphatic rings. The van der Waals surface area contributed by atoms with Crippen LogP contribution in [-0.2, 0) is 9.59 Å². The highest BCUT2D eigenvalue weighted by Crippen LogP contribution is 2.27. The maximum atomic E-state index is 11.8. The van der Waals surface area contributed by atoms with Crippen molar-refractivity contribution < 1.29 is 29.3 Å². The van der Waals surface area contributed by atoms with Gasteiger partial charge < -0.3 is 30.3 Å². The molecule has 2 aromatic rings. The average Bonchev–Trinajstić information content (AvgIpc) is 2.76. The summed E-state index contributed by atoms with van der Waals surface area (Å²) in [6, 6.07) is 9.66. The van der Waals surface area contributed by atoms with Gasteiger partial charge in [0.15, 0.2) is 23.0 Å². The number of phenolic OH excluding ortho intramolecular Hbond substituents is 2. The van der Waals surface area contributed by atoms with E-state index < -0.39 is 0 Å². The summed E-state index contributed by atoms with van der Waals surface area (Å²) in [5.74, 6) is 0.167. The lowest BCUT2D eigenvalue weighted by atomic mass is 10.2. The third-order valence-corrected chi connectivity index (χ3v) is 4.21. The Bertz CT molecular complexity index is 891. The molecule has 0 saturated carbocycles. The van der Waals surface area contributed by atoms with Gasteiger partial charge >= 0.3 is 0 Å². The van der Waals surface area contributed by atoms with Crippen molar-refractivity contribution in [3.05, 3.63) is 59.7 Å². The zero-order valence-corrected chi connectivity index (χ0v) is 17.4. The largest absolute Gasteiger partial charge is 0.504 e. The molecule has 2 amide bonds. The molecule has 0 radical (unpaired) electrons. The minimum absolute atomic E-state index is 0.00126. The van der Waals surface area contributed by atoms with Gasteiger partial charge in [0.2, 0.25) is 11.8 Å². The standard InChI is InChI=1S/C23H26N2O6/c1-30-20-8-4-16(14-18(20)26)6-10-22(28)24-12-3-13-25-23(29)11-7-17-5-9-21(31-2)19(27)15-17/h4-11,14-15,26-27H,3,12-13H2,1-2H3,(H,24,28)(H,25,29)/b10-6+,11-7+. The second-order valence-corrected chi connectivity index (χ2v) is 6.46. The van der Waals surface area contributed by atoms with E-state index in [0.29, 0.717) is 42.1 Å². The molecule has 0 spiro atoms. The maximum absolute atomic E-state index is 11.8. The number of ether oxygens (including phenoxy) is 2. The number of rotatable bonds is 10. The molecule has 0 aliphatic carbocycles. The van der Waals surface area contributed by atoms with Crippen molar-refractivity contribution >= 4 is 24.0 Å². The van der Waals surface area contributed by atoms with Crippen LogP contribution < -0.4 is 20.1 Å². The summed E-state index contributed by atoms with van der Waals surface area (Å²) in [4.78, 5) is 23.7. The van der Waals surface area contributed by atoms with E-state index in [-0.39, 0.29) is 23.3 Å². The molecule has 0 atom stereocenters. The van der Waals surface area contributed by atoms with Crippen molar-refractivity contribution in [3.8, 4) is 23.0 Å². The van der Waals surface area contributed by atoms with Gasteiger partial charge in [-0.1, -0.05) is 12.1 Å². The maximum Gasteiger partial charge on any atom is 0.244 e. The minimum atomic E-state index is -0.277. The van der Waals surface area contributed by atoms with E-state index in [4.69, 9.17) is 9.47 Å². The molecule has 0 aliphatic heterocycles. The smallest absolute Gasteiger partial charge is 0.244 e. The van der Waals surface area contributed by atoms with E-state index in [1.807, 2.05) is 0 Å². The number of carbonyl (C=O) groups is 2. The molecule has 31 heavy (non-hydrogen) atoms. The Morgan fingerprint density at radius 2 is 1.23 bits per heavy atom. The molecule has 8 heteroatoms. The Morgan fingerprint density at radius 1 is 0.806 bits per heavy atom. The third kappa shape index (κ3) is 7.77. The van der Waals surface area contributed by atoms with Gasteiger partial charge in [-0.25, -0.2) is 0 Å². The summed E-state index contributed by atoms with van der Waals surface area (Å²) in [6.45, 7) is 0.792. The van der Waals surface area contributed by atoms with E-state index in [2.05, 4.69) is 10.6 Å². The lowest BCUT2D eigenvalue weighted by molar-refractivity contribution is -0.116. The second kappa shape index (κ2) is 11.9. The molecule has 0 bridgehead atoms. The number of nitrogens with one attached hydrogen (secondary N) is 2. The molecule has 0 aromatic heterocycles. The number of carbonyl (C=O) groups excluding carboxylic acids is 2. The number of methoxy groups -OCH3 is 2. The Labute approximate surface area is 180 Å². The van der Waals surface area contributed by atoms with E-state index in [0.717, 1.165) is 0 Å². The summed E-state index contributed by atoms with van der Waals surface area (Å²) in [6.07, 6.45) is 6.46. The van der Waals surface area contributed by atoms with Gasteiger partial charge in [-0.2, -0.15) is 0 Å². The molecule has 164 valence electrons. The van der Waals surface area contributed by atoms with Gasteiger partial charge in [-0.05, 0) is 54.0 Å². The van der Waals surface area contributed by atoms with Crippen molar-refractivity contribution in [2.24, 2.45) is 0 Å². The number of aromatic hydroxyl groups is 2. The molecule has 4 N–H and O–H groups in total. The first-order valence-corrected chi connectivity index (χ1v) is 9.58. The normalized spacial score (nSPS) is 10.9. The molecular weight excluding hydrogens is 400 g/mol. The van der Waals surface area contributed by atoms with Crippen LogP contribution in [0.25, 0.3) is 12.2 Å². The van der Waals surface area contributed by atoms with Crippen LogP contribution in [-0.4, -0.2) is 49.3 Å². The van der Waals surface area contributed by atoms with E-state index in [9.17, 15) is 19.8 Å². The lowest BCUT2D eigenvalue weighted by Gasteiger charge is -2.05. The number of hydrogen-bond acceptors (Lipinski definition) is 6. The Hall–Kier alpha value is -3.94. The van der Waals surface area contributed by atoms with Crippen LogP contribution in [0.3, 0.4) is 0 Å². The Balaban J connectivity index is 1.67.